The molecule has 1 aliphatic heterocycles. The van der Waals surface area contributed by atoms with Crippen LogP contribution in [-0.2, 0) is 17.2 Å². The molecule has 80 valence electrons. The summed E-state index contributed by atoms with van der Waals surface area (Å²) in [6.45, 7) is 0. The Morgan fingerprint density at radius 1 is 1.40 bits per heavy atom. The molecule has 2 rings (SSSR count). The molecule has 0 aliphatic carbocycles. The third-order valence-electron chi connectivity index (χ3n) is 2.36. The molecule has 0 bridgehead atoms. The highest BCUT2D eigenvalue weighted by atomic mass is 32.2. The van der Waals surface area contributed by atoms with Crippen molar-refractivity contribution in [3.63, 3.8) is 0 Å². The molecule has 0 aromatic heterocycles. The summed E-state index contributed by atoms with van der Waals surface area (Å²) in [7, 11) is -1.63. The van der Waals surface area contributed by atoms with Crippen LogP contribution in [0.5, 0.6) is 0 Å². The first-order valence-electron chi connectivity index (χ1n) is 4.61. The first-order valence-corrected chi connectivity index (χ1v) is 5.93. The van der Waals surface area contributed by atoms with E-state index in [0.29, 0.717) is 11.5 Å². The fraction of sp³-hybridized carbons (Fsp3) is 0.300. The highest BCUT2D eigenvalue weighted by Crippen LogP contribution is 2.17. The van der Waals surface area contributed by atoms with Crippen LogP contribution < -0.4 is 0 Å². The topological polar surface area (TPSA) is 60.4 Å². The number of carbonyl (C=O) groups excluding carboxylic acids is 1. The van der Waals surface area contributed by atoms with Crippen molar-refractivity contribution >= 4 is 16.0 Å². The number of hydrogen-bond acceptors (Lipinski definition) is 3. The van der Waals surface area contributed by atoms with Gasteiger partial charge in [-0.05, 0) is 12.0 Å². The van der Waals surface area contributed by atoms with Gasteiger partial charge in [0.05, 0.1) is 5.75 Å². The van der Waals surface area contributed by atoms with Crippen molar-refractivity contribution in [2.24, 2.45) is 0 Å². The molecule has 1 fully saturated rings. The van der Waals surface area contributed by atoms with Gasteiger partial charge in [0.1, 0.15) is 10.8 Å². The van der Waals surface area contributed by atoms with Crippen LogP contribution in [-0.4, -0.2) is 26.3 Å². The molecule has 0 spiro atoms. The number of benzene rings is 1. The molecule has 0 radical (unpaired) electrons. The van der Waals surface area contributed by atoms with E-state index in [9.17, 15) is 14.2 Å². The van der Waals surface area contributed by atoms with Crippen molar-refractivity contribution in [3.8, 4) is 0 Å². The number of hydroxylamine groups is 2. The maximum Gasteiger partial charge on any atom is 0.301 e. The standard InChI is InChI=1S/C10H10NO3S/c12-10-11(13)9(7-15(10)14)6-8-4-2-1-3-5-8/h1-5,9H,6-7H2/q-1/t9-,15?/m0/s1. The lowest BCUT2D eigenvalue weighted by Crippen LogP contribution is -2.29. The summed E-state index contributed by atoms with van der Waals surface area (Å²) in [4.78, 5) is 11.0. The van der Waals surface area contributed by atoms with Crippen LogP contribution in [0, 0.1) is 5.21 Å². The van der Waals surface area contributed by atoms with E-state index < -0.39 is 22.1 Å². The molecule has 1 heterocycles. The number of hydrogen-bond donors (Lipinski definition) is 0. The van der Waals surface area contributed by atoms with E-state index in [0.717, 1.165) is 5.56 Å². The van der Waals surface area contributed by atoms with Crippen LogP contribution in [0.1, 0.15) is 5.56 Å². The first-order chi connectivity index (χ1) is 7.18. The maximum absolute atomic E-state index is 11.3. The zero-order valence-electron chi connectivity index (χ0n) is 7.96. The quantitative estimate of drug-likeness (QED) is 0.760. The SMILES string of the molecule is O=C1N([O-])[C@@H](Cc2ccccc2)CS1=O. The highest BCUT2D eigenvalue weighted by molar-refractivity contribution is 8.00. The lowest BCUT2D eigenvalue weighted by molar-refractivity contribution is 0.232. The molecular weight excluding hydrogens is 214 g/mol. The average molecular weight is 224 g/mol. The van der Waals surface area contributed by atoms with Gasteiger partial charge in [0.25, 0.3) is 0 Å². The van der Waals surface area contributed by atoms with Gasteiger partial charge in [-0.15, -0.1) is 0 Å². The Hall–Kier alpha value is -1.20. The Kier molecular flexibility index (Phi) is 2.83. The fourth-order valence-corrected chi connectivity index (χ4v) is 2.69. The molecular formula is C10H10NO3S-. The van der Waals surface area contributed by atoms with Crippen LogP contribution in [0.15, 0.2) is 30.3 Å². The Bertz CT molecular complexity index is 393. The summed E-state index contributed by atoms with van der Waals surface area (Å²) in [5.41, 5.74) is 0.982. The zero-order valence-corrected chi connectivity index (χ0v) is 8.78. The van der Waals surface area contributed by atoms with Gasteiger partial charge in [0.2, 0.25) is 0 Å². The summed E-state index contributed by atoms with van der Waals surface area (Å²) in [6, 6.07) is 8.94. The lowest BCUT2D eigenvalue weighted by atomic mass is 10.1. The lowest BCUT2D eigenvalue weighted by Gasteiger charge is -2.28. The van der Waals surface area contributed by atoms with Crippen LogP contribution in [0.2, 0.25) is 0 Å². The molecule has 1 aliphatic rings. The van der Waals surface area contributed by atoms with Gasteiger partial charge in [0, 0.05) is 6.04 Å². The van der Waals surface area contributed by atoms with Crippen molar-refractivity contribution in [1.82, 2.24) is 5.06 Å². The average Bonchev–Trinajstić information content (AvgIpc) is 2.48. The number of rotatable bonds is 2. The Morgan fingerprint density at radius 2 is 2.07 bits per heavy atom. The van der Waals surface area contributed by atoms with Gasteiger partial charge >= 0.3 is 5.24 Å². The van der Waals surface area contributed by atoms with Crippen LogP contribution >= 0.6 is 0 Å². The molecule has 2 atom stereocenters. The van der Waals surface area contributed by atoms with Gasteiger partial charge in [-0.3, -0.25) is 4.79 Å². The van der Waals surface area contributed by atoms with Crippen LogP contribution in [0.25, 0.3) is 0 Å². The normalized spacial score (nSPS) is 25.9. The zero-order chi connectivity index (χ0) is 10.8. The Morgan fingerprint density at radius 3 is 2.60 bits per heavy atom. The monoisotopic (exact) mass is 224 g/mol. The second-order valence-electron chi connectivity index (χ2n) is 3.45. The third kappa shape index (κ3) is 2.08. The third-order valence-corrected chi connectivity index (χ3v) is 3.62. The summed E-state index contributed by atoms with van der Waals surface area (Å²) in [5, 5.41) is 10.8. The smallest absolute Gasteiger partial charge is 0.301 e. The molecule has 1 aromatic carbocycles. The van der Waals surface area contributed by atoms with E-state index in [2.05, 4.69) is 0 Å². The minimum atomic E-state index is -1.63. The van der Waals surface area contributed by atoms with E-state index in [1.807, 2.05) is 30.3 Å². The second-order valence-corrected chi connectivity index (χ2v) is 4.82. The van der Waals surface area contributed by atoms with Gasteiger partial charge in [-0.2, -0.15) is 0 Å². The maximum atomic E-state index is 11.3. The van der Waals surface area contributed by atoms with Crippen molar-refractivity contribution in [1.29, 1.82) is 0 Å². The van der Waals surface area contributed by atoms with Gasteiger partial charge < -0.3 is 10.3 Å². The predicted molar refractivity (Wildman–Crippen MR) is 57.5 cm³/mol. The summed E-state index contributed by atoms with van der Waals surface area (Å²) in [6.07, 6.45) is 0.474. The Balaban J connectivity index is 2.08. The summed E-state index contributed by atoms with van der Waals surface area (Å²) >= 11 is 0. The summed E-state index contributed by atoms with van der Waals surface area (Å²) in [5.74, 6) is 0.150. The van der Waals surface area contributed by atoms with Crippen molar-refractivity contribution in [3.05, 3.63) is 41.1 Å². The van der Waals surface area contributed by atoms with E-state index in [1.165, 1.54) is 0 Å². The Labute approximate surface area is 89.9 Å². The number of carbonyl (C=O) groups is 1. The molecule has 1 unspecified atom stereocenters. The molecule has 1 aromatic rings. The minimum Gasteiger partial charge on any atom is -0.755 e. The van der Waals surface area contributed by atoms with Crippen LogP contribution in [0.3, 0.4) is 0 Å². The van der Waals surface area contributed by atoms with Crippen molar-refractivity contribution < 1.29 is 9.00 Å². The van der Waals surface area contributed by atoms with Crippen molar-refractivity contribution in [2.45, 2.75) is 12.5 Å². The van der Waals surface area contributed by atoms with E-state index in [-0.39, 0.29) is 5.75 Å². The largest absolute Gasteiger partial charge is 0.755 e. The molecule has 0 N–H and O–H groups in total. The highest BCUT2D eigenvalue weighted by Gasteiger charge is 2.31. The predicted octanol–water partition coefficient (Wildman–Crippen LogP) is 1.28. The molecule has 1 amide bonds. The van der Waals surface area contributed by atoms with E-state index in [1.54, 1.807) is 0 Å². The fourth-order valence-electron chi connectivity index (χ4n) is 1.59. The van der Waals surface area contributed by atoms with Crippen molar-refractivity contribution in [2.75, 3.05) is 5.75 Å². The van der Waals surface area contributed by atoms with Crippen LogP contribution in [0.4, 0.5) is 4.79 Å². The minimum absolute atomic E-state index is 0.150. The van der Waals surface area contributed by atoms with E-state index in [4.69, 9.17) is 0 Å². The number of amides is 1. The molecule has 0 saturated carbocycles. The van der Waals surface area contributed by atoms with Gasteiger partial charge in [0.15, 0.2) is 0 Å². The number of nitrogens with zero attached hydrogens (tertiary/aromatic N) is 1. The molecule has 5 heteroatoms. The summed E-state index contributed by atoms with van der Waals surface area (Å²) < 4.78 is 11.1. The van der Waals surface area contributed by atoms with Gasteiger partial charge in [-0.1, -0.05) is 30.3 Å². The van der Waals surface area contributed by atoms with E-state index >= 15 is 0 Å². The van der Waals surface area contributed by atoms with Gasteiger partial charge in [-0.25, -0.2) is 4.21 Å². The molecule has 15 heavy (non-hydrogen) atoms. The first kappa shape index (κ1) is 10.3. The molecule has 1 saturated heterocycles. The molecule has 4 nitrogen and oxygen atoms in total. The second kappa shape index (κ2) is 4.12.